The summed E-state index contributed by atoms with van der Waals surface area (Å²) in [5, 5.41) is 8.21. The zero-order valence-electron chi connectivity index (χ0n) is 5.31. The van der Waals surface area contributed by atoms with Gasteiger partial charge < -0.3 is 0 Å². The minimum atomic E-state index is -0.116. The van der Waals surface area contributed by atoms with Crippen molar-refractivity contribution in [2.45, 2.75) is 20.3 Å². The van der Waals surface area contributed by atoms with Gasteiger partial charge in [0.05, 0.1) is 6.07 Å². The van der Waals surface area contributed by atoms with E-state index in [1.165, 1.54) is 0 Å². The molecule has 0 rings (SSSR count). The lowest BCUT2D eigenvalue weighted by Crippen LogP contribution is -2.03. The standard InChI is InChI=1S/C7H10N/c1-4-7(2,3)5-6-8/h1,4H,5H2,2-3H3. The predicted octanol–water partition coefficient (Wildman–Crippen LogP) is 1.92. The van der Waals surface area contributed by atoms with Gasteiger partial charge >= 0.3 is 0 Å². The highest BCUT2D eigenvalue weighted by Crippen LogP contribution is 2.19. The second kappa shape index (κ2) is 2.52. The molecular formula is C7H10N. The SMILES string of the molecule is [CH]=CC(C)(C)CC#N. The van der Waals surface area contributed by atoms with E-state index in [1.807, 2.05) is 19.9 Å². The molecule has 0 saturated carbocycles. The third-order valence-corrected chi connectivity index (χ3v) is 0.986. The summed E-state index contributed by atoms with van der Waals surface area (Å²) >= 11 is 0. The van der Waals surface area contributed by atoms with Crippen molar-refractivity contribution in [3.05, 3.63) is 12.7 Å². The van der Waals surface area contributed by atoms with Gasteiger partial charge in [-0.2, -0.15) is 5.26 Å². The number of allylic oxidation sites excluding steroid dienone is 1. The summed E-state index contributed by atoms with van der Waals surface area (Å²) in [5.41, 5.74) is -0.116. The smallest absolute Gasteiger partial charge is 0.0630 e. The summed E-state index contributed by atoms with van der Waals surface area (Å²) in [6.07, 6.45) is 2.04. The molecular weight excluding hydrogens is 98.1 g/mol. The zero-order valence-corrected chi connectivity index (χ0v) is 5.31. The van der Waals surface area contributed by atoms with E-state index >= 15 is 0 Å². The Bertz CT molecular complexity index is 117. The lowest BCUT2D eigenvalue weighted by molar-refractivity contribution is 0.495. The fourth-order valence-electron chi connectivity index (χ4n) is 0.263. The topological polar surface area (TPSA) is 23.8 Å². The van der Waals surface area contributed by atoms with Crippen LogP contribution in [-0.2, 0) is 0 Å². The van der Waals surface area contributed by atoms with E-state index < -0.39 is 0 Å². The van der Waals surface area contributed by atoms with E-state index in [-0.39, 0.29) is 5.41 Å². The Morgan fingerprint density at radius 1 is 1.75 bits per heavy atom. The molecule has 0 unspecified atom stereocenters. The molecule has 0 fully saturated rings. The average Bonchev–Trinajstić information content (AvgIpc) is 1.67. The van der Waals surface area contributed by atoms with Gasteiger partial charge in [0.2, 0.25) is 0 Å². The van der Waals surface area contributed by atoms with E-state index in [1.54, 1.807) is 6.08 Å². The highest BCUT2D eigenvalue weighted by Gasteiger charge is 2.10. The molecule has 0 aliphatic rings. The molecule has 0 heterocycles. The summed E-state index contributed by atoms with van der Waals surface area (Å²) in [6, 6.07) is 2.05. The van der Waals surface area contributed by atoms with Crippen LogP contribution in [0.2, 0.25) is 0 Å². The van der Waals surface area contributed by atoms with E-state index in [9.17, 15) is 0 Å². The van der Waals surface area contributed by atoms with E-state index in [2.05, 4.69) is 0 Å². The molecule has 1 heteroatoms. The first-order chi connectivity index (χ1) is 3.62. The first-order valence-corrected chi connectivity index (χ1v) is 2.55. The quantitative estimate of drug-likeness (QED) is 0.530. The molecule has 0 aromatic carbocycles. The Hall–Kier alpha value is -0.770. The summed E-state index contributed by atoms with van der Waals surface area (Å²) < 4.78 is 0. The lowest BCUT2D eigenvalue weighted by Gasteiger charge is -2.12. The summed E-state index contributed by atoms with van der Waals surface area (Å²) in [7, 11) is 0. The molecule has 0 spiro atoms. The van der Waals surface area contributed by atoms with Gasteiger partial charge in [-0.25, -0.2) is 0 Å². The molecule has 0 aliphatic carbocycles. The molecule has 0 saturated heterocycles. The van der Waals surface area contributed by atoms with Crippen molar-refractivity contribution < 1.29 is 0 Å². The molecule has 0 bridgehead atoms. The van der Waals surface area contributed by atoms with Crippen molar-refractivity contribution in [3.8, 4) is 6.07 Å². The molecule has 8 heavy (non-hydrogen) atoms. The van der Waals surface area contributed by atoms with Crippen LogP contribution in [0.5, 0.6) is 0 Å². The fourth-order valence-corrected chi connectivity index (χ4v) is 0.263. The van der Waals surface area contributed by atoms with Crippen molar-refractivity contribution >= 4 is 0 Å². The maximum atomic E-state index is 8.21. The van der Waals surface area contributed by atoms with Crippen LogP contribution in [0.3, 0.4) is 0 Å². The maximum Gasteiger partial charge on any atom is 0.0630 e. The monoisotopic (exact) mass is 108 g/mol. The molecule has 1 nitrogen and oxygen atoms in total. The Morgan fingerprint density at radius 2 is 2.25 bits per heavy atom. The highest BCUT2D eigenvalue weighted by molar-refractivity contribution is 4.92. The van der Waals surface area contributed by atoms with Crippen LogP contribution in [-0.4, -0.2) is 0 Å². The summed E-state index contributed by atoms with van der Waals surface area (Å²) in [5.74, 6) is 0. The molecule has 0 aromatic rings. The minimum absolute atomic E-state index is 0.116. The van der Waals surface area contributed by atoms with Crippen LogP contribution in [0, 0.1) is 23.3 Å². The third-order valence-electron chi connectivity index (χ3n) is 0.986. The van der Waals surface area contributed by atoms with Crippen molar-refractivity contribution in [2.24, 2.45) is 5.41 Å². The molecule has 0 amide bonds. The lowest BCUT2D eigenvalue weighted by atomic mass is 9.91. The van der Waals surface area contributed by atoms with Crippen LogP contribution >= 0.6 is 0 Å². The Kier molecular flexibility index (Phi) is 2.27. The molecule has 0 atom stereocenters. The molecule has 0 N–H and O–H groups in total. The summed E-state index contributed by atoms with van der Waals surface area (Å²) in [4.78, 5) is 0. The third kappa shape index (κ3) is 2.41. The van der Waals surface area contributed by atoms with Crippen molar-refractivity contribution in [2.75, 3.05) is 0 Å². The van der Waals surface area contributed by atoms with Crippen molar-refractivity contribution in [3.63, 3.8) is 0 Å². The number of rotatable bonds is 2. The van der Waals surface area contributed by atoms with Crippen LogP contribution in [0.4, 0.5) is 0 Å². The van der Waals surface area contributed by atoms with Gasteiger partial charge in [0.1, 0.15) is 0 Å². The van der Waals surface area contributed by atoms with E-state index in [0.717, 1.165) is 0 Å². The minimum Gasteiger partial charge on any atom is -0.198 e. The Balaban J connectivity index is 3.76. The molecule has 1 radical (unpaired) electrons. The highest BCUT2D eigenvalue weighted by atomic mass is 14.3. The van der Waals surface area contributed by atoms with Crippen molar-refractivity contribution in [1.82, 2.24) is 0 Å². The number of nitriles is 1. The van der Waals surface area contributed by atoms with E-state index in [0.29, 0.717) is 6.42 Å². The Morgan fingerprint density at radius 3 is 2.38 bits per heavy atom. The fraction of sp³-hybridized carbons (Fsp3) is 0.571. The number of hydrogen-bond donors (Lipinski definition) is 0. The second-order valence-electron chi connectivity index (χ2n) is 2.49. The number of nitrogens with zero attached hydrogens (tertiary/aromatic N) is 1. The van der Waals surface area contributed by atoms with E-state index in [4.69, 9.17) is 11.8 Å². The number of hydrogen-bond acceptors (Lipinski definition) is 1. The second-order valence-corrected chi connectivity index (χ2v) is 2.49. The largest absolute Gasteiger partial charge is 0.198 e. The van der Waals surface area contributed by atoms with Gasteiger partial charge in [0, 0.05) is 6.42 Å². The van der Waals surface area contributed by atoms with Gasteiger partial charge in [0.15, 0.2) is 0 Å². The molecule has 43 valence electrons. The van der Waals surface area contributed by atoms with Gasteiger partial charge in [-0.15, -0.1) is 0 Å². The van der Waals surface area contributed by atoms with Crippen LogP contribution in [0.15, 0.2) is 6.08 Å². The van der Waals surface area contributed by atoms with Crippen LogP contribution < -0.4 is 0 Å². The van der Waals surface area contributed by atoms with Crippen molar-refractivity contribution in [1.29, 1.82) is 5.26 Å². The zero-order chi connectivity index (χ0) is 6.62. The predicted molar refractivity (Wildman–Crippen MR) is 32.9 cm³/mol. The molecule has 0 aromatic heterocycles. The Labute approximate surface area is 50.6 Å². The first kappa shape index (κ1) is 7.23. The average molecular weight is 108 g/mol. The van der Waals surface area contributed by atoms with Crippen LogP contribution in [0.25, 0.3) is 0 Å². The maximum absolute atomic E-state index is 8.21. The summed E-state index contributed by atoms with van der Waals surface area (Å²) in [6.45, 7) is 9.07. The van der Waals surface area contributed by atoms with Gasteiger partial charge in [-0.1, -0.05) is 26.5 Å². The van der Waals surface area contributed by atoms with Gasteiger partial charge in [-0.05, 0) is 5.41 Å². The normalized spacial score (nSPS) is 10.1. The van der Waals surface area contributed by atoms with Gasteiger partial charge in [0.25, 0.3) is 0 Å². The van der Waals surface area contributed by atoms with Gasteiger partial charge in [-0.3, -0.25) is 0 Å². The molecule has 0 aliphatic heterocycles. The van der Waals surface area contributed by atoms with Crippen LogP contribution in [0.1, 0.15) is 20.3 Å². The first-order valence-electron chi connectivity index (χ1n) is 2.55.